The van der Waals surface area contributed by atoms with Gasteiger partial charge >= 0.3 is 5.97 Å². The summed E-state index contributed by atoms with van der Waals surface area (Å²) in [6, 6.07) is 9.91. The molecule has 2 nitrogen and oxygen atoms in total. The predicted molar refractivity (Wildman–Crippen MR) is 67.7 cm³/mol. The Kier molecular flexibility index (Phi) is 3.97. The molecule has 0 bridgehead atoms. The lowest BCUT2D eigenvalue weighted by atomic mass is 9.80. The Bertz CT molecular complexity index is 395. The molecule has 0 heterocycles. The molecule has 0 saturated carbocycles. The van der Waals surface area contributed by atoms with Crippen LogP contribution in [-0.4, -0.2) is 13.1 Å². The van der Waals surface area contributed by atoms with E-state index in [0.717, 1.165) is 24.8 Å². The third-order valence-corrected chi connectivity index (χ3v) is 3.33. The zero-order valence-corrected chi connectivity index (χ0v) is 10.1. The number of esters is 1. The van der Waals surface area contributed by atoms with Gasteiger partial charge in [0.15, 0.2) is 0 Å². The maximum Gasteiger partial charge on any atom is 0.313 e. The Hall–Kier alpha value is -1.57. The van der Waals surface area contributed by atoms with Crippen LogP contribution in [0.25, 0.3) is 0 Å². The quantitative estimate of drug-likeness (QED) is 0.588. The average molecular weight is 230 g/mol. The molecule has 0 amide bonds. The molecule has 0 aromatic heterocycles. The van der Waals surface area contributed by atoms with Crippen LogP contribution in [0.5, 0.6) is 0 Å². The van der Waals surface area contributed by atoms with Gasteiger partial charge in [-0.1, -0.05) is 42.5 Å². The van der Waals surface area contributed by atoms with E-state index < -0.39 is 0 Å². The van der Waals surface area contributed by atoms with Crippen molar-refractivity contribution in [3.8, 4) is 0 Å². The minimum absolute atomic E-state index is 0.132. The van der Waals surface area contributed by atoms with Gasteiger partial charge in [0.25, 0.3) is 0 Å². The zero-order valence-electron chi connectivity index (χ0n) is 10.1. The van der Waals surface area contributed by atoms with Crippen LogP contribution in [0.4, 0.5) is 0 Å². The topological polar surface area (TPSA) is 26.3 Å². The predicted octanol–water partition coefficient (Wildman–Crippen LogP) is 3.30. The Balaban J connectivity index is 2.28. The molecule has 0 spiro atoms. The Morgan fingerprint density at radius 2 is 2.12 bits per heavy atom. The fourth-order valence-electron chi connectivity index (χ4n) is 2.46. The molecule has 2 rings (SSSR count). The van der Waals surface area contributed by atoms with E-state index in [1.807, 2.05) is 30.3 Å². The molecule has 0 fully saturated rings. The lowest BCUT2D eigenvalue weighted by molar-refractivity contribution is -0.143. The van der Waals surface area contributed by atoms with E-state index in [0.29, 0.717) is 0 Å². The molecule has 1 aliphatic carbocycles. The van der Waals surface area contributed by atoms with Gasteiger partial charge in [0.05, 0.1) is 13.0 Å². The van der Waals surface area contributed by atoms with Crippen LogP contribution < -0.4 is 0 Å². The number of allylic oxidation sites excluding steroid dienone is 2. The van der Waals surface area contributed by atoms with E-state index in [-0.39, 0.29) is 17.8 Å². The van der Waals surface area contributed by atoms with Gasteiger partial charge < -0.3 is 4.74 Å². The summed E-state index contributed by atoms with van der Waals surface area (Å²) in [5.74, 6) is -0.0101. The van der Waals surface area contributed by atoms with Gasteiger partial charge in [0, 0.05) is 0 Å². The number of rotatable bonds is 3. The second-order valence-electron chi connectivity index (χ2n) is 4.43. The second kappa shape index (κ2) is 5.67. The number of carbonyl (C=O) groups is 1. The van der Waals surface area contributed by atoms with Crippen molar-refractivity contribution in [2.45, 2.75) is 25.2 Å². The normalized spacial score (nSPS) is 20.9. The summed E-state index contributed by atoms with van der Waals surface area (Å²) < 4.78 is 4.95. The number of carbonyl (C=O) groups excluding carboxylic acids is 1. The molecule has 90 valence electrons. The molecule has 2 atom stereocenters. The summed E-state index contributed by atoms with van der Waals surface area (Å²) in [5, 5.41) is 0. The van der Waals surface area contributed by atoms with Crippen molar-refractivity contribution in [3.05, 3.63) is 48.0 Å². The third kappa shape index (κ3) is 2.76. The van der Waals surface area contributed by atoms with Crippen LogP contribution in [0.1, 0.15) is 30.7 Å². The number of methoxy groups -OCH3 is 1. The van der Waals surface area contributed by atoms with Crippen molar-refractivity contribution in [1.82, 2.24) is 0 Å². The summed E-state index contributed by atoms with van der Waals surface area (Å²) in [4.78, 5) is 12.0. The first-order chi connectivity index (χ1) is 8.33. The average Bonchev–Trinajstić information content (AvgIpc) is 2.41. The van der Waals surface area contributed by atoms with Crippen molar-refractivity contribution in [1.29, 1.82) is 0 Å². The van der Waals surface area contributed by atoms with Crippen LogP contribution in [0.15, 0.2) is 42.5 Å². The van der Waals surface area contributed by atoms with Gasteiger partial charge in [-0.3, -0.25) is 4.79 Å². The lowest BCUT2D eigenvalue weighted by Gasteiger charge is -2.25. The Morgan fingerprint density at radius 3 is 2.71 bits per heavy atom. The highest BCUT2D eigenvalue weighted by molar-refractivity contribution is 5.78. The van der Waals surface area contributed by atoms with Gasteiger partial charge in [0.1, 0.15) is 0 Å². The smallest absolute Gasteiger partial charge is 0.313 e. The zero-order chi connectivity index (χ0) is 12.1. The molecular weight excluding hydrogens is 212 g/mol. The van der Waals surface area contributed by atoms with Gasteiger partial charge in [-0.05, 0) is 30.7 Å². The minimum Gasteiger partial charge on any atom is -0.469 e. The van der Waals surface area contributed by atoms with Crippen molar-refractivity contribution < 1.29 is 9.53 Å². The maximum atomic E-state index is 12.0. The van der Waals surface area contributed by atoms with Crippen LogP contribution in [0.3, 0.4) is 0 Å². The van der Waals surface area contributed by atoms with Gasteiger partial charge in [-0.25, -0.2) is 0 Å². The molecular formula is C15H18O2. The Labute approximate surface area is 102 Å². The summed E-state index contributed by atoms with van der Waals surface area (Å²) in [7, 11) is 1.46. The number of hydrogen-bond acceptors (Lipinski definition) is 2. The molecule has 0 radical (unpaired) electrons. The van der Waals surface area contributed by atoms with E-state index in [9.17, 15) is 4.79 Å². The maximum absolute atomic E-state index is 12.0. The van der Waals surface area contributed by atoms with Crippen LogP contribution in [0.2, 0.25) is 0 Å². The molecule has 0 N–H and O–H groups in total. The van der Waals surface area contributed by atoms with E-state index in [2.05, 4.69) is 12.2 Å². The van der Waals surface area contributed by atoms with E-state index in [1.54, 1.807) is 0 Å². The first-order valence-corrected chi connectivity index (χ1v) is 6.12. The molecule has 1 aromatic rings. The number of hydrogen-bond donors (Lipinski definition) is 0. The highest BCUT2D eigenvalue weighted by atomic mass is 16.5. The molecule has 1 aliphatic rings. The van der Waals surface area contributed by atoms with E-state index in [4.69, 9.17) is 4.74 Å². The molecule has 0 saturated heterocycles. The molecule has 1 aromatic carbocycles. The van der Waals surface area contributed by atoms with Crippen molar-refractivity contribution in [2.75, 3.05) is 7.11 Å². The second-order valence-corrected chi connectivity index (χ2v) is 4.43. The fourth-order valence-corrected chi connectivity index (χ4v) is 2.46. The number of benzene rings is 1. The standard InChI is InChI=1S/C15H18O2/c1-17-15(16)14(12-8-4-2-5-9-12)13-10-6-3-7-11-13/h2,4-6,8-10,13-14H,3,7,11H2,1H3/t13-,14+/m0/s1. The minimum atomic E-state index is -0.155. The highest BCUT2D eigenvalue weighted by Gasteiger charge is 2.29. The van der Waals surface area contributed by atoms with Crippen molar-refractivity contribution in [2.24, 2.45) is 5.92 Å². The van der Waals surface area contributed by atoms with Crippen LogP contribution in [0, 0.1) is 5.92 Å². The first-order valence-electron chi connectivity index (χ1n) is 6.12. The lowest BCUT2D eigenvalue weighted by Crippen LogP contribution is -2.23. The van der Waals surface area contributed by atoms with Gasteiger partial charge in [-0.15, -0.1) is 0 Å². The van der Waals surface area contributed by atoms with Gasteiger partial charge in [0.2, 0.25) is 0 Å². The molecule has 2 heteroatoms. The fraction of sp³-hybridized carbons (Fsp3) is 0.400. The molecule has 0 unspecified atom stereocenters. The molecule has 17 heavy (non-hydrogen) atoms. The monoisotopic (exact) mass is 230 g/mol. The van der Waals surface area contributed by atoms with Crippen molar-refractivity contribution >= 4 is 5.97 Å². The van der Waals surface area contributed by atoms with Crippen molar-refractivity contribution in [3.63, 3.8) is 0 Å². The largest absolute Gasteiger partial charge is 0.469 e. The highest BCUT2D eigenvalue weighted by Crippen LogP contribution is 2.33. The van der Waals surface area contributed by atoms with Gasteiger partial charge in [-0.2, -0.15) is 0 Å². The first kappa shape index (κ1) is 11.9. The summed E-state index contributed by atoms with van der Waals surface area (Å²) in [6.45, 7) is 0. The summed E-state index contributed by atoms with van der Waals surface area (Å²) >= 11 is 0. The Morgan fingerprint density at radius 1 is 1.35 bits per heavy atom. The summed E-state index contributed by atoms with van der Waals surface area (Å²) in [6.07, 6.45) is 7.68. The summed E-state index contributed by atoms with van der Waals surface area (Å²) in [5.41, 5.74) is 1.05. The number of ether oxygens (including phenoxy) is 1. The van der Waals surface area contributed by atoms with E-state index >= 15 is 0 Å². The van der Waals surface area contributed by atoms with Crippen LogP contribution in [-0.2, 0) is 9.53 Å². The third-order valence-electron chi connectivity index (χ3n) is 3.33. The van der Waals surface area contributed by atoms with E-state index in [1.165, 1.54) is 7.11 Å². The SMILES string of the molecule is COC(=O)[C@H](c1ccccc1)[C@H]1C=CCCC1. The van der Waals surface area contributed by atoms with Crippen LogP contribution >= 0.6 is 0 Å². The molecule has 0 aliphatic heterocycles.